The molecule has 0 spiro atoms. The Morgan fingerprint density at radius 3 is 2.53 bits per heavy atom. The normalized spacial score (nSPS) is 10.6. The summed E-state index contributed by atoms with van der Waals surface area (Å²) < 4.78 is 1.93. The summed E-state index contributed by atoms with van der Waals surface area (Å²) in [6.07, 6.45) is 0. The third-order valence-corrected chi connectivity index (χ3v) is 2.69. The summed E-state index contributed by atoms with van der Waals surface area (Å²) in [5, 5.41) is 0.485. The van der Waals surface area contributed by atoms with E-state index in [4.69, 9.17) is 17.3 Å². The maximum absolute atomic E-state index is 5.99. The van der Waals surface area contributed by atoms with Gasteiger partial charge in [0, 0.05) is 19.2 Å². The minimum absolute atomic E-state index is 0.398. The number of halogens is 1. The molecule has 3 nitrogen and oxygen atoms in total. The average Bonchev–Trinajstić information content (AvgIpc) is 2.55. The van der Waals surface area contributed by atoms with Crippen molar-refractivity contribution in [3.63, 3.8) is 0 Å². The first-order chi connectivity index (χ1) is 7.24. The van der Waals surface area contributed by atoms with Gasteiger partial charge < -0.3 is 10.3 Å². The maximum Gasteiger partial charge on any atom is 0.152 e. The maximum atomic E-state index is 5.99. The van der Waals surface area contributed by atoms with E-state index in [2.05, 4.69) is 4.98 Å². The predicted octanol–water partition coefficient (Wildman–Crippen LogP) is 2.20. The lowest BCUT2D eigenvalue weighted by molar-refractivity contribution is 0.828. The van der Waals surface area contributed by atoms with E-state index in [1.807, 2.05) is 41.9 Å². The number of hydrogen-bond acceptors (Lipinski definition) is 2. The predicted molar refractivity (Wildman–Crippen MR) is 61.5 cm³/mol. The quantitative estimate of drug-likeness (QED) is 0.845. The molecule has 15 heavy (non-hydrogen) atoms. The van der Waals surface area contributed by atoms with E-state index in [9.17, 15) is 0 Å². The van der Waals surface area contributed by atoms with Crippen molar-refractivity contribution in [2.45, 2.75) is 6.54 Å². The van der Waals surface area contributed by atoms with Crippen molar-refractivity contribution >= 4 is 11.6 Å². The average molecular weight is 222 g/mol. The van der Waals surface area contributed by atoms with E-state index in [0.29, 0.717) is 11.7 Å². The molecule has 1 aromatic heterocycles. The molecule has 1 heterocycles. The molecular formula is C11H12ClN3. The van der Waals surface area contributed by atoms with E-state index < -0.39 is 0 Å². The van der Waals surface area contributed by atoms with Crippen LogP contribution in [0.4, 0.5) is 0 Å². The van der Waals surface area contributed by atoms with Crippen LogP contribution in [0.2, 0.25) is 5.15 Å². The highest BCUT2D eigenvalue weighted by molar-refractivity contribution is 6.30. The molecule has 4 heteroatoms. The Bertz CT molecular complexity index is 462. The minimum Gasteiger partial charge on any atom is -0.329 e. The monoisotopic (exact) mass is 221 g/mol. The molecule has 0 saturated carbocycles. The van der Waals surface area contributed by atoms with E-state index in [0.717, 1.165) is 17.1 Å². The third kappa shape index (κ3) is 1.76. The molecule has 2 rings (SSSR count). The molecule has 0 unspecified atom stereocenters. The van der Waals surface area contributed by atoms with Gasteiger partial charge in [-0.15, -0.1) is 0 Å². The fraction of sp³-hybridized carbons (Fsp3) is 0.182. The summed E-state index contributed by atoms with van der Waals surface area (Å²) in [7, 11) is 1.92. The Labute approximate surface area is 93.5 Å². The Kier molecular flexibility index (Phi) is 2.75. The second kappa shape index (κ2) is 4.04. The molecule has 0 fully saturated rings. The van der Waals surface area contributed by atoms with Gasteiger partial charge in [0.2, 0.25) is 0 Å². The van der Waals surface area contributed by atoms with Gasteiger partial charge >= 0.3 is 0 Å². The van der Waals surface area contributed by atoms with Crippen LogP contribution in [0.25, 0.3) is 11.4 Å². The van der Waals surface area contributed by atoms with Crippen LogP contribution >= 0.6 is 11.6 Å². The first-order valence-corrected chi connectivity index (χ1v) is 5.08. The number of hydrogen-bond donors (Lipinski definition) is 1. The van der Waals surface area contributed by atoms with Gasteiger partial charge in [0.15, 0.2) is 5.15 Å². The number of nitrogens with two attached hydrogens (primary N) is 1. The van der Waals surface area contributed by atoms with Gasteiger partial charge in [0.1, 0.15) is 5.82 Å². The van der Waals surface area contributed by atoms with Gasteiger partial charge in [-0.3, -0.25) is 0 Å². The van der Waals surface area contributed by atoms with Crippen LogP contribution in [0.5, 0.6) is 0 Å². The second-order valence-electron chi connectivity index (χ2n) is 3.30. The smallest absolute Gasteiger partial charge is 0.152 e. The van der Waals surface area contributed by atoms with Crippen molar-refractivity contribution in [2.24, 2.45) is 12.8 Å². The number of imidazole rings is 1. The fourth-order valence-electron chi connectivity index (χ4n) is 1.57. The van der Waals surface area contributed by atoms with E-state index >= 15 is 0 Å². The zero-order valence-electron chi connectivity index (χ0n) is 8.44. The standard InChI is InChI=1S/C11H12ClN3/c1-15-9(7-13)10(12)14-11(15)8-5-3-2-4-6-8/h2-6H,7,13H2,1H3. The van der Waals surface area contributed by atoms with Gasteiger partial charge in [-0.1, -0.05) is 41.9 Å². The van der Waals surface area contributed by atoms with Gasteiger partial charge in [-0.25, -0.2) is 4.98 Å². The molecule has 1 aromatic carbocycles. The summed E-state index contributed by atoms with van der Waals surface area (Å²) >= 11 is 5.99. The second-order valence-corrected chi connectivity index (χ2v) is 3.66. The van der Waals surface area contributed by atoms with Crippen molar-refractivity contribution in [1.29, 1.82) is 0 Å². The number of nitrogens with zero attached hydrogens (tertiary/aromatic N) is 2. The van der Waals surface area contributed by atoms with Crippen LogP contribution in [0.1, 0.15) is 5.69 Å². The molecule has 0 aliphatic rings. The Hall–Kier alpha value is -1.32. The van der Waals surface area contributed by atoms with E-state index in [1.165, 1.54) is 0 Å². The fourth-order valence-corrected chi connectivity index (χ4v) is 1.85. The van der Waals surface area contributed by atoms with Gasteiger partial charge in [-0.05, 0) is 0 Å². The van der Waals surface area contributed by atoms with Crippen LogP contribution in [0, 0.1) is 0 Å². The van der Waals surface area contributed by atoms with Crippen LogP contribution in [-0.4, -0.2) is 9.55 Å². The van der Waals surface area contributed by atoms with Crippen molar-refractivity contribution < 1.29 is 0 Å². The van der Waals surface area contributed by atoms with Crippen molar-refractivity contribution in [3.05, 3.63) is 41.2 Å². The van der Waals surface area contributed by atoms with E-state index in [1.54, 1.807) is 0 Å². The highest BCUT2D eigenvalue weighted by atomic mass is 35.5. The molecule has 0 aliphatic carbocycles. The van der Waals surface area contributed by atoms with Gasteiger partial charge in [0.25, 0.3) is 0 Å². The zero-order chi connectivity index (χ0) is 10.8. The molecule has 0 bridgehead atoms. The lowest BCUT2D eigenvalue weighted by Gasteiger charge is -2.03. The first-order valence-electron chi connectivity index (χ1n) is 4.70. The van der Waals surface area contributed by atoms with Crippen molar-refractivity contribution in [2.75, 3.05) is 0 Å². The lowest BCUT2D eigenvalue weighted by atomic mass is 10.2. The largest absolute Gasteiger partial charge is 0.329 e. The molecule has 0 aliphatic heterocycles. The number of aromatic nitrogens is 2. The highest BCUT2D eigenvalue weighted by Crippen LogP contribution is 2.23. The number of benzene rings is 1. The zero-order valence-corrected chi connectivity index (χ0v) is 9.20. The van der Waals surface area contributed by atoms with Crippen LogP contribution in [-0.2, 0) is 13.6 Å². The molecule has 0 amide bonds. The molecule has 2 aromatic rings. The molecule has 0 radical (unpaired) electrons. The molecule has 0 atom stereocenters. The topological polar surface area (TPSA) is 43.8 Å². The molecule has 0 saturated heterocycles. The summed E-state index contributed by atoms with van der Waals surface area (Å²) in [5.74, 6) is 0.848. The van der Waals surface area contributed by atoms with Crippen molar-refractivity contribution in [1.82, 2.24) is 9.55 Å². The van der Waals surface area contributed by atoms with Crippen LogP contribution < -0.4 is 5.73 Å². The van der Waals surface area contributed by atoms with Crippen LogP contribution in [0.3, 0.4) is 0 Å². The SMILES string of the molecule is Cn1c(-c2ccccc2)nc(Cl)c1CN. The Morgan fingerprint density at radius 2 is 2.00 bits per heavy atom. The lowest BCUT2D eigenvalue weighted by Crippen LogP contribution is -2.04. The van der Waals surface area contributed by atoms with Gasteiger partial charge in [-0.2, -0.15) is 0 Å². The third-order valence-electron chi connectivity index (χ3n) is 2.39. The summed E-state index contributed by atoms with van der Waals surface area (Å²) in [4.78, 5) is 4.30. The summed E-state index contributed by atoms with van der Waals surface area (Å²) in [6, 6.07) is 9.91. The summed E-state index contributed by atoms with van der Waals surface area (Å²) in [5.41, 5.74) is 7.50. The Morgan fingerprint density at radius 1 is 1.33 bits per heavy atom. The first kappa shape index (κ1) is 10.2. The van der Waals surface area contributed by atoms with Crippen LogP contribution in [0.15, 0.2) is 30.3 Å². The van der Waals surface area contributed by atoms with Crippen molar-refractivity contribution in [3.8, 4) is 11.4 Å². The Balaban J connectivity index is 2.55. The van der Waals surface area contributed by atoms with Gasteiger partial charge in [0.05, 0.1) is 5.69 Å². The van der Waals surface area contributed by atoms with E-state index in [-0.39, 0.29) is 0 Å². The minimum atomic E-state index is 0.398. The molecule has 78 valence electrons. The summed E-state index contributed by atoms with van der Waals surface area (Å²) in [6.45, 7) is 0.398. The highest BCUT2D eigenvalue weighted by Gasteiger charge is 2.12. The number of rotatable bonds is 2. The molecule has 2 N–H and O–H groups in total. The molecular weight excluding hydrogens is 210 g/mol.